The number of hydrogen-bond acceptors (Lipinski definition) is 5. The predicted octanol–water partition coefficient (Wildman–Crippen LogP) is 0.831. The Morgan fingerprint density at radius 3 is 2.48 bits per heavy atom. The smallest absolute Gasteiger partial charge is 0.325 e. The van der Waals surface area contributed by atoms with E-state index in [9.17, 15) is 9.90 Å². The summed E-state index contributed by atoms with van der Waals surface area (Å²) in [6, 6.07) is 4.79. The van der Waals surface area contributed by atoms with Gasteiger partial charge < -0.3 is 19.5 Å². The van der Waals surface area contributed by atoms with E-state index in [1.165, 1.54) is 0 Å². The molecule has 1 N–H and O–H groups in total. The lowest BCUT2D eigenvalue weighted by molar-refractivity contribution is -0.144. The maximum Gasteiger partial charge on any atom is 0.325 e. The second-order valence-corrected chi connectivity index (χ2v) is 5.48. The Morgan fingerprint density at radius 1 is 1.14 bits per heavy atom. The van der Waals surface area contributed by atoms with E-state index in [1.54, 1.807) is 12.1 Å². The van der Waals surface area contributed by atoms with Gasteiger partial charge in [0.25, 0.3) is 0 Å². The largest absolute Gasteiger partial charge is 0.486 e. The van der Waals surface area contributed by atoms with E-state index in [4.69, 9.17) is 9.47 Å². The molecule has 2 aliphatic heterocycles. The zero-order valence-electron chi connectivity index (χ0n) is 12.1. The molecular weight excluding hydrogens is 272 g/mol. The molecule has 0 bridgehead atoms. The third-order valence-electron chi connectivity index (χ3n) is 4.02. The Bertz CT molecular complexity index is 526. The predicted molar refractivity (Wildman–Crippen MR) is 76.9 cm³/mol. The number of benzene rings is 1. The molecule has 1 aromatic rings. The number of likely N-dealkylation sites (N-methyl/N-ethyl adjacent to an activating group) is 1. The number of fused-ring (bicyclic) bond motifs is 1. The van der Waals surface area contributed by atoms with Crippen molar-refractivity contribution < 1.29 is 19.4 Å². The number of aliphatic carboxylic acids is 1. The number of nitrogens with zero attached hydrogens (tertiary/aromatic N) is 2. The summed E-state index contributed by atoms with van der Waals surface area (Å²) in [5.41, 5.74) is 0.747. The normalized spacial score (nSPS) is 21.0. The molecule has 2 aliphatic rings. The van der Waals surface area contributed by atoms with Crippen LogP contribution in [0, 0.1) is 0 Å². The molecular formula is C15H20N2O4. The number of carboxylic acids is 1. The Morgan fingerprint density at radius 2 is 1.81 bits per heavy atom. The molecule has 1 atom stereocenters. The van der Waals surface area contributed by atoms with Gasteiger partial charge in [-0.1, -0.05) is 6.07 Å². The quantitative estimate of drug-likeness (QED) is 0.890. The molecule has 0 radical (unpaired) electrons. The Balaban J connectivity index is 1.85. The first-order valence-electron chi connectivity index (χ1n) is 7.20. The highest BCUT2D eigenvalue weighted by molar-refractivity contribution is 5.76. The fraction of sp³-hybridized carbons (Fsp3) is 0.533. The molecule has 21 heavy (non-hydrogen) atoms. The summed E-state index contributed by atoms with van der Waals surface area (Å²) in [5, 5.41) is 9.62. The summed E-state index contributed by atoms with van der Waals surface area (Å²) in [5.74, 6) is 0.503. The first-order chi connectivity index (χ1) is 10.1. The molecule has 114 valence electrons. The lowest BCUT2D eigenvalue weighted by Crippen LogP contribution is -2.47. The minimum absolute atomic E-state index is 0.503. The van der Waals surface area contributed by atoms with Crippen LogP contribution in [0.2, 0.25) is 0 Å². The van der Waals surface area contributed by atoms with Gasteiger partial charge in [-0.3, -0.25) is 9.69 Å². The summed E-state index contributed by atoms with van der Waals surface area (Å²) in [4.78, 5) is 15.9. The maximum atomic E-state index is 11.7. The number of ether oxygens (including phenoxy) is 2. The summed E-state index contributed by atoms with van der Waals surface area (Å²) < 4.78 is 11.0. The Hall–Kier alpha value is -1.79. The van der Waals surface area contributed by atoms with Crippen LogP contribution >= 0.6 is 0 Å². The monoisotopic (exact) mass is 292 g/mol. The van der Waals surface area contributed by atoms with Crippen LogP contribution in [0.15, 0.2) is 18.2 Å². The number of carboxylic acid groups (broad SMARTS) is 1. The SMILES string of the molecule is CN1CCN(C(C(=O)O)c2ccc3c(c2)OCCO3)CC1. The zero-order chi connectivity index (χ0) is 14.8. The number of rotatable bonds is 3. The van der Waals surface area contributed by atoms with E-state index in [1.807, 2.05) is 11.0 Å². The van der Waals surface area contributed by atoms with Gasteiger partial charge in [0, 0.05) is 26.2 Å². The number of carbonyl (C=O) groups is 1. The van der Waals surface area contributed by atoms with Crippen molar-refractivity contribution in [2.45, 2.75) is 6.04 Å². The van der Waals surface area contributed by atoms with Crippen molar-refractivity contribution in [1.29, 1.82) is 0 Å². The van der Waals surface area contributed by atoms with Gasteiger partial charge >= 0.3 is 5.97 Å². The van der Waals surface area contributed by atoms with Crippen LogP contribution in [0.25, 0.3) is 0 Å². The van der Waals surface area contributed by atoms with Gasteiger partial charge in [0.05, 0.1) is 0 Å². The fourth-order valence-corrected chi connectivity index (χ4v) is 2.82. The van der Waals surface area contributed by atoms with Gasteiger partial charge in [-0.15, -0.1) is 0 Å². The molecule has 0 amide bonds. The van der Waals surface area contributed by atoms with Crippen LogP contribution in [0.1, 0.15) is 11.6 Å². The summed E-state index contributed by atoms with van der Waals surface area (Å²) in [6.07, 6.45) is 0. The highest BCUT2D eigenvalue weighted by Gasteiger charge is 2.30. The van der Waals surface area contributed by atoms with E-state index in [0.717, 1.165) is 31.7 Å². The Labute approximate surface area is 123 Å². The minimum Gasteiger partial charge on any atom is -0.486 e. The van der Waals surface area contributed by atoms with Crippen LogP contribution in [0.5, 0.6) is 11.5 Å². The summed E-state index contributed by atoms with van der Waals surface area (Å²) >= 11 is 0. The highest BCUT2D eigenvalue weighted by atomic mass is 16.6. The van der Waals surface area contributed by atoms with Gasteiger partial charge in [-0.05, 0) is 24.7 Å². The van der Waals surface area contributed by atoms with E-state index in [2.05, 4.69) is 11.9 Å². The third-order valence-corrected chi connectivity index (χ3v) is 4.02. The molecule has 1 unspecified atom stereocenters. The minimum atomic E-state index is -0.823. The average Bonchev–Trinajstić information content (AvgIpc) is 2.49. The molecule has 3 rings (SSSR count). The van der Waals surface area contributed by atoms with Crippen molar-refractivity contribution in [3.8, 4) is 11.5 Å². The van der Waals surface area contributed by atoms with Crippen LogP contribution in [0.4, 0.5) is 0 Å². The Kier molecular flexibility index (Phi) is 3.98. The summed E-state index contributed by atoms with van der Waals surface area (Å²) in [7, 11) is 2.05. The second-order valence-electron chi connectivity index (χ2n) is 5.48. The first-order valence-corrected chi connectivity index (χ1v) is 7.20. The van der Waals surface area contributed by atoms with Crippen molar-refractivity contribution in [1.82, 2.24) is 9.80 Å². The van der Waals surface area contributed by atoms with E-state index < -0.39 is 12.0 Å². The van der Waals surface area contributed by atoms with Gasteiger partial charge in [0.2, 0.25) is 0 Å². The second kappa shape index (κ2) is 5.91. The van der Waals surface area contributed by atoms with Crippen LogP contribution < -0.4 is 9.47 Å². The number of hydrogen-bond donors (Lipinski definition) is 1. The van der Waals surface area contributed by atoms with Crippen molar-refractivity contribution in [2.24, 2.45) is 0 Å². The molecule has 1 fully saturated rings. The molecule has 0 spiro atoms. The van der Waals surface area contributed by atoms with Crippen LogP contribution in [0.3, 0.4) is 0 Å². The van der Waals surface area contributed by atoms with E-state index >= 15 is 0 Å². The zero-order valence-corrected chi connectivity index (χ0v) is 12.1. The van der Waals surface area contributed by atoms with E-state index in [-0.39, 0.29) is 0 Å². The molecule has 6 heteroatoms. The first kappa shape index (κ1) is 14.2. The van der Waals surface area contributed by atoms with Crippen molar-refractivity contribution in [3.05, 3.63) is 23.8 Å². The van der Waals surface area contributed by atoms with E-state index in [0.29, 0.717) is 24.7 Å². The highest BCUT2D eigenvalue weighted by Crippen LogP contribution is 2.34. The van der Waals surface area contributed by atoms with Crippen LogP contribution in [-0.2, 0) is 4.79 Å². The maximum absolute atomic E-state index is 11.7. The van der Waals surface area contributed by atoms with Crippen LogP contribution in [-0.4, -0.2) is 67.3 Å². The molecule has 0 saturated carbocycles. The lowest BCUT2D eigenvalue weighted by Gasteiger charge is -2.36. The van der Waals surface area contributed by atoms with Crippen molar-refractivity contribution in [3.63, 3.8) is 0 Å². The molecule has 1 aromatic carbocycles. The van der Waals surface area contributed by atoms with Crippen molar-refractivity contribution >= 4 is 5.97 Å². The molecule has 0 aliphatic carbocycles. The topological polar surface area (TPSA) is 62.2 Å². The molecule has 2 heterocycles. The lowest BCUT2D eigenvalue weighted by atomic mass is 10.0. The standard InChI is InChI=1S/C15H20N2O4/c1-16-4-6-17(7-5-16)14(15(18)19)11-2-3-12-13(10-11)21-9-8-20-12/h2-3,10,14H,4-9H2,1H3,(H,18,19). The molecule has 0 aromatic heterocycles. The summed E-state index contributed by atoms with van der Waals surface area (Å²) in [6.45, 7) is 4.31. The third kappa shape index (κ3) is 2.96. The number of piperazine rings is 1. The van der Waals surface area contributed by atoms with Gasteiger partial charge in [0.15, 0.2) is 11.5 Å². The van der Waals surface area contributed by atoms with Gasteiger partial charge in [-0.2, -0.15) is 0 Å². The average molecular weight is 292 g/mol. The van der Waals surface area contributed by atoms with Gasteiger partial charge in [0.1, 0.15) is 19.3 Å². The molecule has 6 nitrogen and oxygen atoms in total. The van der Waals surface area contributed by atoms with Crippen molar-refractivity contribution in [2.75, 3.05) is 46.4 Å². The fourth-order valence-electron chi connectivity index (χ4n) is 2.82. The molecule has 1 saturated heterocycles. The van der Waals surface area contributed by atoms with Gasteiger partial charge in [-0.25, -0.2) is 0 Å².